The highest BCUT2D eigenvalue weighted by molar-refractivity contribution is 6.31. The van der Waals surface area contributed by atoms with E-state index in [1.807, 2.05) is 24.3 Å². The second-order valence-corrected chi connectivity index (χ2v) is 7.65. The van der Waals surface area contributed by atoms with Crippen molar-refractivity contribution in [2.24, 2.45) is 7.05 Å². The highest BCUT2D eigenvalue weighted by Crippen LogP contribution is 2.35. The van der Waals surface area contributed by atoms with Gasteiger partial charge in [-0.15, -0.1) is 0 Å². The van der Waals surface area contributed by atoms with Crippen LogP contribution in [0.3, 0.4) is 0 Å². The molecule has 3 rings (SSSR count). The third kappa shape index (κ3) is 4.11. The van der Waals surface area contributed by atoms with Crippen molar-refractivity contribution < 1.29 is 17.7 Å². The molecule has 0 saturated carbocycles. The van der Waals surface area contributed by atoms with Crippen LogP contribution in [-0.2, 0) is 18.6 Å². The molecule has 0 radical (unpaired) electrons. The van der Waals surface area contributed by atoms with Gasteiger partial charge in [0.15, 0.2) is 5.69 Å². The molecule has 0 spiro atoms. The van der Waals surface area contributed by atoms with Gasteiger partial charge in [-0.25, -0.2) is 0 Å². The average Bonchev–Trinajstić information content (AvgIpc) is 3.18. The normalized spacial score (nSPS) is 12.9. The lowest BCUT2D eigenvalue weighted by molar-refractivity contribution is -0.141. The SMILES string of the molecule is Cn1nc(C(F)(F)F)c(/C=C\c2nc(-c3ccc(C(C)(C)C)cc3)no2)c1Cl. The van der Waals surface area contributed by atoms with E-state index < -0.39 is 11.9 Å². The molecule has 0 bridgehead atoms. The van der Waals surface area contributed by atoms with Crippen LogP contribution in [0.5, 0.6) is 0 Å². The summed E-state index contributed by atoms with van der Waals surface area (Å²) in [5.74, 6) is 0.399. The minimum Gasteiger partial charge on any atom is -0.334 e. The number of halogens is 4. The minimum atomic E-state index is -4.63. The zero-order valence-electron chi connectivity index (χ0n) is 15.7. The van der Waals surface area contributed by atoms with Crippen molar-refractivity contribution in [2.75, 3.05) is 0 Å². The maximum atomic E-state index is 13.1. The van der Waals surface area contributed by atoms with Crippen LogP contribution in [-0.4, -0.2) is 19.9 Å². The molecule has 0 aliphatic heterocycles. The van der Waals surface area contributed by atoms with Crippen LogP contribution in [0.2, 0.25) is 5.15 Å². The summed E-state index contributed by atoms with van der Waals surface area (Å²) in [4.78, 5) is 4.20. The van der Waals surface area contributed by atoms with Crippen LogP contribution in [0.15, 0.2) is 28.8 Å². The Hall–Kier alpha value is -2.61. The molecule has 9 heteroatoms. The van der Waals surface area contributed by atoms with Gasteiger partial charge in [0.25, 0.3) is 5.89 Å². The fourth-order valence-corrected chi connectivity index (χ4v) is 2.76. The molecule has 0 saturated heterocycles. The molecule has 0 unspecified atom stereocenters. The Balaban J connectivity index is 1.86. The molecule has 0 atom stereocenters. The first kappa shape index (κ1) is 20.1. The van der Waals surface area contributed by atoms with E-state index in [4.69, 9.17) is 16.1 Å². The maximum Gasteiger partial charge on any atom is 0.435 e. The number of aromatic nitrogens is 4. The Bertz CT molecular complexity index is 1010. The van der Waals surface area contributed by atoms with E-state index in [-0.39, 0.29) is 22.0 Å². The summed E-state index contributed by atoms with van der Waals surface area (Å²) >= 11 is 5.92. The number of hydrogen-bond donors (Lipinski definition) is 0. The Morgan fingerprint density at radius 2 is 1.71 bits per heavy atom. The summed E-state index contributed by atoms with van der Waals surface area (Å²) in [5.41, 5.74) is 0.584. The van der Waals surface area contributed by atoms with Crippen molar-refractivity contribution in [1.82, 2.24) is 19.9 Å². The van der Waals surface area contributed by atoms with Gasteiger partial charge in [-0.2, -0.15) is 23.3 Å². The lowest BCUT2D eigenvalue weighted by atomic mass is 9.87. The Morgan fingerprint density at radius 1 is 1.07 bits per heavy atom. The highest BCUT2D eigenvalue weighted by atomic mass is 35.5. The topological polar surface area (TPSA) is 56.7 Å². The van der Waals surface area contributed by atoms with E-state index in [2.05, 4.69) is 36.0 Å². The smallest absolute Gasteiger partial charge is 0.334 e. The molecule has 2 aromatic heterocycles. The summed E-state index contributed by atoms with van der Waals surface area (Å²) in [6, 6.07) is 7.70. The Kier molecular flexibility index (Phi) is 5.10. The molecule has 0 amide bonds. The summed E-state index contributed by atoms with van der Waals surface area (Å²) in [5, 5.41) is 7.15. The van der Waals surface area contributed by atoms with E-state index in [0.29, 0.717) is 5.82 Å². The first-order valence-corrected chi connectivity index (χ1v) is 8.77. The molecular weight excluding hydrogens is 393 g/mol. The molecule has 28 heavy (non-hydrogen) atoms. The van der Waals surface area contributed by atoms with Crippen molar-refractivity contribution >= 4 is 23.8 Å². The van der Waals surface area contributed by atoms with Crippen LogP contribution >= 0.6 is 11.6 Å². The van der Waals surface area contributed by atoms with Crippen molar-refractivity contribution in [2.45, 2.75) is 32.4 Å². The number of rotatable bonds is 3. The fourth-order valence-electron chi connectivity index (χ4n) is 2.57. The van der Waals surface area contributed by atoms with Gasteiger partial charge in [0.1, 0.15) is 5.15 Å². The van der Waals surface area contributed by atoms with Crippen LogP contribution < -0.4 is 0 Å². The molecule has 0 fully saturated rings. The van der Waals surface area contributed by atoms with Crippen molar-refractivity contribution in [3.8, 4) is 11.4 Å². The van der Waals surface area contributed by atoms with Crippen LogP contribution in [0.1, 0.15) is 43.5 Å². The number of aryl methyl sites for hydroxylation is 1. The number of benzene rings is 1. The van der Waals surface area contributed by atoms with Gasteiger partial charge in [0, 0.05) is 24.3 Å². The number of alkyl halides is 3. The third-order valence-corrected chi connectivity index (χ3v) is 4.57. The molecular formula is C19H18ClF3N4O. The predicted molar refractivity (Wildman–Crippen MR) is 101 cm³/mol. The first-order chi connectivity index (χ1) is 13.0. The van der Waals surface area contributed by atoms with Crippen LogP contribution in [0.4, 0.5) is 13.2 Å². The van der Waals surface area contributed by atoms with E-state index >= 15 is 0 Å². The molecule has 3 aromatic rings. The highest BCUT2D eigenvalue weighted by Gasteiger charge is 2.38. The van der Waals surface area contributed by atoms with Crippen molar-refractivity contribution in [1.29, 1.82) is 0 Å². The molecule has 1 aromatic carbocycles. The summed E-state index contributed by atoms with van der Waals surface area (Å²) < 4.78 is 45.3. The zero-order valence-corrected chi connectivity index (χ0v) is 16.4. The first-order valence-electron chi connectivity index (χ1n) is 8.39. The third-order valence-electron chi connectivity index (χ3n) is 4.12. The van der Waals surface area contributed by atoms with Crippen molar-refractivity contribution in [3.63, 3.8) is 0 Å². The van der Waals surface area contributed by atoms with E-state index in [0.717, 1.165) is 21.9 Å². The number of hydrogen-bond acceptors (Lipinski definition) is 4. The standard InChI is InChI=1S/C19H18ClF3N4O/c1-18(2,3)12-7-5-11(6-8-12)17-24-14(28-26-17)10-9-13-15(19(21,22)23)25-27(4)16(13)20/h5-10H,1-4H3/b10-9-. The fraction of sp³-hybridized carbons (Fsp3) is 0.316. The largest absolute Gasteiger partial charge is 0.435 e. The second kappa shape index (κ2) is 7.09. The van der Waals surface area contributed by atoms with E-state index in [9.17, 15) is 13.2 Å². The van der Waals surface area contributed by atoms with Gasteiger partial charge in [0.2, 0.25) is 5.82 Å². The lowest BCUT2D eigenvalue weighted by Crippen LogP contribution is -2.10. The molecule has 148 valence electrons. The molecule has 5 nitrogen and oxygen atoms in total. The quantitative estimate of drug-likeness (QED) is 0.563. The lowest BCUT2D eigenvalue weighted by Gasteiger charge is -2.18. The summed E-state index contributed by atoms with van der Waals surface area (Å²) in [6.07, 6.45) is -2.18. The van der Waals surface area contributed by atoms with Gasteiger partial charge in [-0.1, -0.05) is 61.8 Å². The second-order valence-electron chi connectivity index (χ2n) is 7.29. The predicted octanol–water partition coefficient (Wildman–Crippen LogP) is 5.61. The Labute approximate surface area is 164 Å². The monoisotopic (exact) mass is 410 g/mol. The maximum absolute atomic E-state index is 13.1. The van der Waals surface area contributed by atoms with Crippen LogP contribution in [0.25, 0.3) is 23.5 Å². The van der Waals surface area contributed by atoms with E-state index in [1.54, 1.807) is 0 Å². The Morgan fingerprint density at radius 3 is 2.29 bits per heavy atom. The van der Waals surface area contributed by atoms with Gasteiger partial charge in [-0.3, -0.25) is 4.68 Å². The van der Waals surface area contributed by atoms with Crippen molar-refractivity contribution in [3.05, 3.63) is 52.1 Å². The number of nitrogens with zero attached hydrogens (tertiary/aromatic N) is 4. The van der Waals surface area contributed by atoms with Gasteiger partial charge < -0.3 is 4.52 Å². The summed E-state index contributed by atoms with van der Waals surface area (Å²) in [6.45, 7) is 6.33. The van der Waals surface area contributed by atoms with Gasteiger partial charge in [0.05, 0.1) is 0 Å². The average molecular weight is 411 g/mol. The van der Waals surface area contributed by atoms with Crippen LogP contribution in [0, 0.1) is 0 Å². The molecule has 0 N–H and O–H groups in total. The zero-order chi connectivity index (χ0) is 20.7. The minimum absolute atomic E-state index is 0.0167. The van der Waals surface area contributed by atoms with E-state index in [1.165, 1.54) is 13.1 Å². The van der Waals surface area contributed by atoms with Gasteiger partial charge in [-0.05, 0) is 17.1 Å². The molecule has 0 aliphatic carbocycles. The molecule has 0 aliphatic rings. The molecule has 2 heterocycles. The summed E-state index contributed by atoms with van der Waals surface area (Å²) in [7, 11) is 1.33. The van der Waals surface area contributed by atoms with Gasteiger partial charge >= 0.3 is 6.18 Å².